The van der Waals surface area contributed by atoms with Crippen molar-refractivity contribution in [2.75, 3.05) is 12.3 Å². The van der Waals surface area contributed by atoms with Crippen LogP contribution >= 0.6 is 0 Å². The Balaban J connectivity index is 2.00. The average molecular weight is 285 g/mol. The molecule has 0 bridgehead atoms. The molecule has 0 spiro atoms. The summed E-state index contributed by atoms with van der Waals surface area (Å²) in [7, 11) is 0. The van der Waals surface area contributed by atoms with E-state index in [9.17, 15) is 4.79 Å². The van der Waals surface area contributed by atoms with Crippen LogP contribution in [0, 0.1) is 0 Å². The minimum atomic E-state index is -0.363. The molecule has 0 heterocycles. The largest absolute Gasteiger partial charge is 0.487 e. The predicted molar refractivity (Wildman–Crippen MR) is 82.2 cm³/mol. The van der Waals surface area contributed by atoms with E-state index >= 15 is 0 Å². The summed E-state index contributed by atoms with van der Waals surface area (Å²) >= 11 is 0. The van der Waals surface area contributed by atoms with E-state index in [4.69, 9.17) is 15.2 Å². The maximum atomic E-state index is 11.7. The summed E-state index contributed by atoms with van der Waals surface area (Å²) in [4.78, 5) is 11.7. The lowest BCUT2D eigenvalue weighted by Crippen LogP contribution is -2.07. The molecule has 2 aromatic carbocycles. The van der Waals surface area contributed by atoms with Gasteiger partial charge in [-0.3, -0.25) is 0 Å². The maximum Gasteiger partial charge on any atom is 0.338 e. The Morgan fingerprint density at radius 3 is 2.57 bits per heavy atom. The van der Waals surface area contributed by atoms with Gasteiger partial charge in [-0.25, -0.2) is 4.79 Å². The van der Waals surface area contributed by atoms with Gasteiger partial charge < -0.3 is 15.2 Å². The molecule has 110 valence electrons. The molecule has 0 fully saturated rings. The van der Waals surface area contributed by atoms with Crippen LogP contribution in [-0.4, -0.2) is 12.6 Å². The van der Waals surface area contributed by atoms with Crippen molar-refractivity contribution in [3.05, 3.63) is 59.7 Å². The van der Waals surface area contributed by atoms with Crippen LogP contribution in [0.5, 0.6) is 5.75 Å². The van der Waals surface area contributed by atoms with E-state index < -0.39 is 0 Å². The Hall–Kier alpha value is -2.49. The van der Waals surface area contributed by atoms with Gasteiger partial charge in [0.05, 0.1) is 17.9 Å². The molecular weight excluding hydrogens is 266 g/mol. The summed E-state index contributed by atoms with van der Waals surface area (Å²) in [6, 6.07) is 14.8. The fourth-order valence-corrected chi connectivity index (χ4v) is 1.82. The first-order valence-corrected chi connectivity index (χ1v) is 6.94. The maximum absolute atomic E-state index is 11.7. The quantitative estimate of drug-likeness (QED) is 0.652. The van der Waals surface area contributed by atoms with Crippen LogP contribution in [0.3, 0.4) is 0 Å². The predicted octanol–water partition coefficient (Wildman–Crippen LogP) is 3.41. The fourth-order valence-electron chi connectivity index (χ4n) is 1.82. The summed E-state index contributed by atoms with van der Waals surface area (Å²) in [6.07, 6.45) is 0.791. The molecule has 2 N–H and O–H groups in total. The monoisotopic (exact) mass is 285 g/mol. The van der Waals surface area contributed by atoms with Gasteiger partial charge in [-0.05, 0) is 30.2 Å². The summed E-state index contributed by atoms with van der Waals surface area (Å²) in [5.74, 6) is 0.198. The number of hydrogen-bond acceptors (Lipinski definition) is 4. The molecule has 0 saturated carbocycles. The smallest absolute Gasteiger partial charge is 0.338 e. The number of benzene rings is 2. The molecule has 0 radical (unpaired) electrons. The lowest BCUT2D eigenvalue weighted by atomic mass is 10.2. The second kappa shape index (κ2) is 7.33. The number of nitrogens with two attached hydrogens (primary N) is 1. The second-order valence-corrected chi connectivity index (χ2v) is 4.66. The van der Waals surface area contributed by atoms with E-state index in [1.54, 1.807) is 18.2 Å². The van der Waals surface area contributed by atoms with Gasteiger partial charge in [0, 0.05) is 0 Å². The van der Waals surface area contributed by atoms with Crippen LogP contribution in [0.25, 0.3) is 0 Å². The third kappa shape index (κ3) is 4.24. The molecular formula is C17H19NO3. The SMILES string of the molecule is CCCOC(=O)c1ccc(OCc2ccccc2)c(N)c1. The van der Waals surface area contributed by atoms with Crippen molar-refractivity contribution in [1.29, 1.82) is 0 Å². The minimum absolute atomic E-state index is 0.363. The highest BCUT2D eigenvalue weighted by atomic mass is 16.5. The highest BCUT2D eigenvalue weighted by Crippen LogP contribution is 2.24. The lowest BCUT2D eigenvalue weighted by molar-refractivity contribution is 0.0505. The summed E-state index contributed by atoms with van der Waals surface area (Å²) in [5, 5.41) is 0. The van der Waals surface area contributed by atoms with Gasteiger partial charge in [0.2, 0.25) is 0 Å². The zero-order valence-corrected chi connectivity index (χ0v) is 12.0. The van der Waals surface area contributed by atoms with E-state index in [-0.39, 0.29) is 5.97 Å². The molecule has 0 aliphatic rings. The molecule has 0 aliphatic carbocycles. The van der Waals surface area contributed by atoms with Gasteiger partial charge in [0.15, 0.2) is 0 Å². The van der Waals surface area contributed by atoms with Crippen LogP contribution < -0.4 is 10.5 Å². The molecule has 0 saturated heterocycles. The third-order valence-corrected chi connectivity index (χ3v) is 2.92. The highest BCUT2D eigenvalue weighted by Gasteiger charge is 2.10. The Labute approximate surface area is 124 Å². The standard InChI is InChI=1S/C17H19NO3/c1-2-10-20-17(19)14-8-9-16(15(18)11-14)21-12-13-6-4-3-5-7-13/h3-9,11H,2,10,12,18H2,1H3. The van der Waals surface area contributed by atoms with Gasteiger partial charge >= 0.3 is 5.97 Å². The highest BCUT2D eigenvalue weighted by molar-refractivity contribution is 5.91. The molecule has 0 amide bonds. The molecule has 2 rings (SSSR count). The van der Waals surface area contributed by atoms with Crippen LogP contribution in [0.4, 0.5) is 5.69 Å². The molecule has 0 unspecified atom stereocenters. The first kappa shape index (κ1) is 14.9. The van der Waals surface area contributed by atoms with E-state index in [0.717, 1.165) is 12.0 Å². The van der Waals surface area contributed by atoms with Gasteiger partial charge in [-0.2, -0.15) is 0 Å². The van der Waals surface area contributed by atoms with E-state index in [0.29, 0.717) is 30.2 Å². The van der Waals surface area contributed by atoms with Crippen molar-refractivity contribution in [3.63, 3.8) is 0 Å². The number of anilines is 1. The fraction of sp³-hybridized carbons (Fsp3) is 0.235. The Kier molecular flexibility index (Phi) is 5.21. The molecule has 21 heavy (non-hydrogen) atoms. The Morgan fingerprint density at radius 1 is 1.14 bits per heavy atom. The van der Waals surface area contributed by atoms with Gasteiger partial charge in [-0.15, -0.1) is 0 Å². The number of esters is 1. The van der Waals surface area contributed by atoms with E-state index in [1.807, 2.05) is 37.3 Å². The summed E-state index contributed by atoms with van der Waals surface area (Å²) < 4.78 is 10.7. The lowest BCUT2D eigenvalue weighted by Gasteiger charge is -2.10. The number of nitrogen functional groups attached to an aromatic ring is 1. The van der Waals surface area contributed by atoms with Crippen molar-refractivity contribution in [3.8, 4) is 5.75 Å². The first-order chi connectivity index (χ1) is 10.2. The van der Waals surface area contributed by atoms with Crippen molar-refractivity contribution < 1.29 is 14.3 Å². The molecule has 0 aliphatic heterocycles. The minimum Gasteiger partial charge on any atom is -0.487 e. The third-order valence-electron chi connectivity index (χ3n) is 2.92. The molecule has 0 atom stereocenters. The normalized spacial score (nSPS) is 10.1. The van der Waals surface area contributed by atoms with Gasteiger partial charge in [-0.1, -0.05) is 37.3 Å². The molecule has 2 aromatic rings. The Bertz CT molecular complexity index is 596. The van der Waals surface area contributed by atoms with Gasteiger partial charge in [0.25, 0.3) is 0 Å². The number of carbonyl (C=O) groups excluding carboxylic acids is 1. The van der Waals surface area contributed by atoms with Crippen molar-refractivity contribution in [2.24, 2.45) is 0 Å². The van der Waals surface area contributed by atoms with Crippen molar-refractivity contribution in [2.45, 2.75) is 20.0 Å². The summed E-state index contributed by atoms with van der Waals surface area (Å²) in [5.41, 5.74) is 7.84. The zero-order valence-electron chi connectivity index (χ0n) is 12.0. The van der Waals surface area contributed by atoms with Crippen molar-refractivity contribution in [1.82, 2.24) is 0 Å². The van der Waals surface area contributed by atoms with Crippen LogP contribution in [-0.2, 0) is 11.3 Å². The van der Waals surface area contributed by atoms with E-state index in [2.05, 4.69) is 0 Å². The van der Waals surface area contributed by atoms with Crippen LogP contribution in [0.1, 0.15) is 29.3 Å². The van der Waals surface area contributed by atoms with Crippen LogP contribution in [0.15, 0.2) is 48.5 Å². The average Bonchev–Trinajstić information content (AvgIpc) is 2.52. The number of rotatable bonds is 6. The van der Waals surface area contributed by atoms with Crippen molar-refractivity contribution >= 4 is 11.7 Å². The first-order valence-electron chi connectivity index (χ1n) is 6.94. The topological polar surface area (TPSA) is 61.5 Å². The Morgan fingerprint density at radius 2 is 1.90 bits per heavy atom. The van der Waals surface area contributed by atoms with Crippen LogP contribution in [0.2, 0.25) is 0 Å². The number of carbonyl (C=O) groups is 1. The van der Waals surface area contributed by atoms with E-state index in [1.165, 1.54) is 0 Å². The molecule has 0 aromatic heterocycles. The second-order valence-electron chi connectivity index (χ2n) is 4.66. The zero-order chi connectivity index (χ0) is 15.1. The molecule has 4 nitrogen and oxygen atoms in total. The number of hydrogen-bond donors (Lipinski definition) is 1. The summed E-state index contributed by atoms with van der Waals surface area (Å²) in [6.45, 7) is 2.79. The van der Waals surface area contributed by atoms with Gasteiger partial charge in [0.1, 0.15) is 12.4 Å². The molecule has 4 heteroatoms. The number of ether oxygens (including phenoxy) is 2.